The number of carboxylic acid groups (broad SMARTS) is 1. The molecular weight excluding hydrogens is 360 g/mol. The lowest BCUT2D eigenvalue weighted by atomic mass is 9.96. The summed E-state index contributed by atoms with van der Waals surface area (Å²) in [5.41, 5.74) is 1.67. The smallest absolute Gasteiger partial charge is 0.407 e. The number of hydrogen-bond donors (Lipinski definition) is 1. The fraction of sp³-hybridized carbons (Fsp3) is 0.353. The Balaban J connectivity index is 2.07. The maximum absolute atomic E-state index is 11.7. The van der Waals surface area contributed by atoms with Crippen LogP contribution in [0, 0.1) is 0 Å². The van der Waals surface area contributed by atoms with Gasteiger partial charge in [0, 0.05) is 23.7 Å². The standard InChI is InChI=1S/C17H18N2O4S2/c1-25-17(24)23-15(14-10-22-9-8-19(14)16(20)21)12-4-2-6-13-11(12)5-3-7-18-13/h2-7,14-15H,8-10H2,1H3,(H,20,21). The number of aromatic nitrogens is 1. The highest BCUT2D eigenvalue weighted by Gasteiger charge is 2.37. The van der Waals surface area contributed by atoms with E-state index in [1.165, 1.54) is 16.7 Å². The molecule has 1 aromatic heterocycles. The molecule has 132 valence electrons. The number of fused-ring (bicyclic) bond motifs is 1. The SMILES string of the molecule is CSC(=S)OC(c1cccc2ncccc12)C1COCCN1C(=O)O. The van der Waals surface area contributed by atoms with Gasteiger partial charge >= 0.3 is 6.09 Å². The van der Waals surface area contributed by atoms with Crippen molar-refractivity contribution in [3.05, 3.63) is 42.1 Å². The van der Waals surface area contributed by atoms with Crippen LogP contribution in [-0.2, 0) is 9.47 Å². The fourth-order valence-electron chi connectivity index (χ4n) is 2.99. The summed E-state index contributed by atoms with van der Waals surface area (Å²) in [6.45, 7) is 0.930. The Hall–Kier alpha value is -1.90. The maximum atomic E-state index is 11.7. The lowest BCUT2D eigenvalue weighted by Crippen LogP contribution is -2.51. The van der Waals surface area contributed by atoms with Crippen LogP contribution in [0.25, 0.3) is 10.9 Å². The Kier molecular flexibility index (Phi) is 5.72. The van der Waals surface area contributed by atoms with E-state index in [-0.39, 0.29) is 6.61 Å². The van der Waals surface area contributed by atoms with Crippen molar-refractivity contribution >= 4 is 45.4 Å². The highest BCUT2D eigenvalue weighted by Crippen LogP contribution is 2.33. The third-order valence-corrected chi connectivity index (χ3v) is 5.16. The largest absolute Gasteiger partial charge is 0.468 e. The van der Waals surface area contributed by atoms with Crippen LogP contribution < -0.4 is 0 Å². The molecule has 2 unspecified atom stereocenters. The second kappa shape index (κ2) is 7.99. The molecule has 1 aliphatic rings. The molecule has 1 N–H and O–H groups in total. The van der Waals surface area contributed by atoms with E-state index in [2.05, 4.69) is 4.98 Å². The average Bonchev–Trinajstić information content (AvgIpc) is 2.65. The molecule has 1 amide bonds. The van der Waals surface area contributed by atoms with Crippen LogP contribution >= 0.6 is 24.0 Å². The molecule has 1 aromatic carbocycles. The molecule has 2 aromatic rings. The van der Waals surface area contributed by atoms with Gasteiger partial charge in [-0.2, -0.15) is 0 Å². The number of morpholine rings is 1. The van der Waals surface area contributed by atoms with E-state index >= 15 is 0 Å². The van der Waals surface area contributed by atoms with Crippen molar-refractivity contribution in [3.8, 4) is 0 Å². The fourth-order valence-corrected chi connectivity index (χ4v) is 3.29. The molecule has 0 radical (unpaired) electrons. The number of rotatable bonds is 3. The molecule has 0 aliphatic carbocycles. The number of ether oxygens (including phenoxy) is 2. The van der Waals surface area contributed by atoms with E-state index in [9.17, 15) is 9.90 Å². The first-order valence-electron chi connectivity index (χ1n) is 7.77. The number of thiocarbonyl (C=S) groups is 1. The topological polar surface area (TPSA) is 71.9 Å². The predicted molar refractivity (Wildman–Crippen MR) is 101 cm³/mol. The Morgan fingerprint density at radius 3 is 3.08 bits per heavy atom. The van der Waals surface area contributed by atoms with Gasteiger partial charge in [0.2, 0.25) is 4.38 Å². The summed E-state index contributed by atoms with van der Waals surface area (Å²) in [6.07, 6.45) is 2.00. The normalized spacial score (nSPS) is 18.8. The molecule has 1 saturated heterocycles. The molecule has 25 heavy (non-hydrogen) atoms. The minimum atomic E-state index is -0.990. The van der Waals surface area contributed by atoms with Gasteiger partial charge in [-0.25, -0.2) is 4.79 Å². The third kappa shape index (κ3) is 3.86. The average molecular weight is 378 g/mol. The van der Waals surface area contributed by atoms with Crippen LogP contribution in [0.4, 0.5) is 4.79 Å². The van der Waals surface area contributed by atoms with Crippen LogP contribution in [0.2, 0.25) is 0 Å². The number of pyridine rings is 1. The van der Waals surface area contributed by atoms with E-state index < -0.39 is 18.2 Å². The Labute approximate surface area is 155 Å². The highest BCUT2D eigenvalue weighted by molar-refractivity contribution is 8.22. The zero-order chi connectivity index (χ0) is 17.8. The predicted octanol–water partition coefficient (Wildman–Crippen LogP) is 3.32. The zero-order valence-corrected chi connectivity index (χ0v) is 15.3. The number of thioether (sulfide) groups is 1. The van der Waals surface area contributed by atoms with Crippen molar-refractivity contribution in [1.29, 1.82) is 0 Å². The van der Waals surface area contributed by atoms with E-state index in [4.69, 9.17) is 21.7 Å². The molecule has 2 atom stereocenters. The summed E-state index contributed by atoms with van der Waals surface area (Å²) in [4.78, 5) is 17.4. The van der Waals surface area contributed by atoms with Crippen LogP contribution in [0.15, 0.2) is 36.5 Å². The molecule has 3 rings (SSSR count). The van der Waals surface area contributed by atoms with Crippen LogP contribution in [0.3, 0.4) is 0 Å². The van der Waals surface area contributed by atoms with Crippen molar-refractivity contribution in [2.75, 3.05) is 26.0 Å². The molecule has 8 heteroatoms. The van der Waals surface area contributed by atoms with Crippen LogP contribution in [-0.4, -0.2) is 57.5 Å². The molecular formula is C17H18N2O4S2. The first-order valence-corrected chi connectivity index (χ1v) is 9.40. The van der Waals surface area contributed by atoms with Crippen molar-refractivity contribution in [2.45, 2.75) is 12.1 Å². The van der Waals surface area contributed by atoms with E-state index in [1.54, 1.807) is 6.20 Å². The summed E-state index contributed by atoms with van der Waals surface area (Å²) in [7, 11) is 0. The second-order valence-corrected chi connectivity index (χ2v) is 6.94. The van der Waals surface area contributed by atoms with Gasteiger partial charge in [0.05, 0.1) is 24.8 Å². The first kappa shape index (κ1) is 17.9. The maximum Gasteiger partial charge on any atom is 0.407 e. The molecule has 2 heterocycles. The number of nitrogens with zero attached hydrogens (tertiary/aromatic N) is 2. The van der Waals surface area contributed by atoms with Crippen molar-refractivity contribution in [1.82, 2.24) is 9.88 Å². The third-order valence-electron chi connectivity index (χ3n) is 4.14. The first-order chi connectivity index (χ1) is 12.1. The highest BCUT2D eigenvalue weighted by atomic mass is 32.2. The van der Waals surface area contributed by atoms with Crippen LogP contribution in [0.5, 0.6) is 0 Å². The summed E-state index contributed by atoms with van der Waals surface area (Å²) >= 11 is 6.56. The summed E-state index contributed by atoms with van der Waals surface area (Å²) < 4.78 is 11.9. The molecule has 0 bridgehead atoms. The lowest BCUT2D eigenvalue weighted by molar-refractivity contribution is -0.0430. The number of benzene rings is 1. The Bertz CT molecular complexity index is 781. The van der Waals surface area contributed by atoms with Crippen LogP contribution in [0.1, 0.15) is 11.7 Å². The summed E-state index contributed by atoms with van der Waals surface area (Å²) in [5, 5.41) is 10.5. The molecule has 0 saturated carbocycles. The van der Waals surface area contributed by atoms with Crippen molar-refractivity contribution in [2.24, 2.45) is 0 Å². The minimum Gasteiger partial charge on any atom is -0.468 e. The zero-order valence-electron chi connectivity index (χ0n) is 13.6. The van der Waals surface area contributed by atoms with Gasteiger partial charge in [-0.15, -0.1) is 0 Å². The van der Waals surface area contributed by atoms with Gasteiger partial charge in [-0.3, -0.25) is 9.88 Å². The number of hydrogen-bond acceptors (Lipinski definition) is 6. The Morgan fingerprint density at radius 1 is 1.48 bits per heavy atom. The minimum absolute atomic E-state index is 0.255. The number of carbonyl (C=O) groups is 1. The van der Waals surface area contributed by atoms with Gasteiger partial charge < -0.3 is 14.6 Å². The van der Waals surface area contributed by atoms with E-state index in [0.717, 1.165) is 16.5 Å². The summed E-state index contributed by atoms with van der Waals surface area (Å²) in [6, 6.07) is 9.04. The van der Waals surface area contributed by atoms with Gasteiger partial charge in [-0.05, 0) is 30.6 Å². The van der Waals surface area contributed by atoms with Gasteiger partial charge in [0.25, 0.3) is 0 Å². The molecule has 0 spiro atoms. The van der Waals surface area contributed by atoms with E-state index in [1.807, 2.05) is 36.6 Å². The van der Waals surface area contributed by atoms with Crippen molar-refractivity contribution in [3.63, 3.8) is 0 Å². The monoisotopic (exact) mass is 378 g/mol. The molecule has 1 fully saturated rings. The van der Waals surface area contributed by atoms with Gasteiger partial charge in [0.15, 0.2) is 0 Å². The van der Waals surface area contributed by atoms with E-state index in [0.29, 0.717) is 17.5 Å². The van der Waals surface area contributed by atoms with Crippen molar-refractivity contribution < 1.29 is 19.4 Å². The number of amides is 1. The quantitative estimate of drug-likeness (QED) is 0.822. The van der Waals surface area contributed by atoms with Gasteiger partial charge in [0.1, 0.15) is 6.10 Å². The van der Waals surface area contributed by atoms with Gasteiger partial charge in [-0.1, -0.05) is 30.0 Å². The second-order valence-electron chi connectivity index (χ2n) is 5.53. The molecule has 1 aliphatic heterocycles. The Morgan fingerprint density at radius 2 is 2.32 bits per heavy atom. The molecule has 6 nitrogen and oxygen atoms in total. The summed E-state index contributed by atoms with van der Waals surface area (Å²) in [5.74, 6) is 0. The lowest BCUT2D eigenvalue weighted by Gasteiger charge is -2.38.